The van der Waals surface area contributed by atoms with E-state index in [9.17, 15) is 9.59 Å². The molecule has 2 rings (SSSR count). The Morgan fingerprint density at radius 3 is 2.72 bits per heavy atom. The molecule has 1 aromatic heterocycles. The summed E-state index contributed by atoms with van der Waals surface area (Å²) in [5.41, 5.74) is 1.06. The van der Waals surface area contributed by atoms with Gasteiger partial charge in [-0.1, -0.05) is 24.3 Å². The lowest BCUT2D eigenvalue weighted by Crippen LogP contribution is -2.35. The van der Waals surface area contributed by atoms with Crippen molar-refractivity contribution in [3.63, 3.8) is 0 Å². The number of carbonyl (C=O) groups is 2. The average molecular weight is 243 g/mol. The lowest BCUT2D eigenvalue weighted by atomic mass is 10.2. The second kappa shape index (κ2) is 5.27. The minimum Gasteiger partial charge on any atom is -0.358 e. The molecule has 0 aliphatic heterocycles. The van der Waals surface area contributed by atoms with Crippen LogP contribution in [-0.4, -0.2) is 30.4 Å². The van der Waals surface area contributed by atoms with Crippen LogP contribution in [0.2, 0.25) is 0 Å². The lowest BCUT2D eigenvalue weighted by molar-refractivity contribution is -0.119. The van der Waals surface area contributed by atoms with Crippen LogP contribution in [0.3, 0.4) is 0 Å². The van der Waals surface area contributed by atoms with Gasteiger partial charge in [0.05, 0.1) is 12.1 Å². The molecule has 2 N–H and O–H groups in total. The summed E-state index contributed by atoms with van der Waals surface area (Å²) in [6.45, 7) is -0.0517. The molecule has 0 bridgehead atoms. The number of nitrogens with one attached hydrogen (secondary N) is 2. The van der Waals surface area contributed by atoms with Crippen LogP contribution >= 0.6 is 0 Å². The van der Waals surface area contributed by atoms with Gasteiger partial charge in [-0.05, 0) is 12.1 Å². The second-order valence-electron chi connectivity index (χ2n) is 3.75. The van der Waals surface area contributed by atoms with Gasteiger partial charge in [-0.15, -0.1) is 0 Å². The number of para-hydroxylation sites is 1. The SMILES string of the molecule is CNC(=O)CNC(=O)c1ccc2ccccc2n1. The standard InChI is InChI=1S/C13H13N3O2/c1-14-12(17)8-15-13(18)11-7-6-9-4-2-3-5-10(9)16-11/h2-7H,8H2,1H3,(H,14,17)(H,15,18). The summed E-state index contributed by atoms with van der Waals surface area (Å²) in [4.78, 5) is 27.0. The Balaban J connectivity index is 2.15. The number of amides is 2. The molecule has 5 nitrogen and oxygen atoms in total. The largest absolute Gasteiger partial charge is 0.358 e. The first kappa shape index (κ1) is 12.0. The fourth-order valence-electron chi connectivity index (χ4n) is 1.53. The van der Waals surface area contributed by atoms with Crippen LogP contribution in [-0.2, 0) is 4.79 Å². The summed E-state index contributed by atoms with van der Waals surface area (Å²) in [5, 5.41) is 5.90. The Morgan fingerprint density at radius 1 is 1.17 bits per heavy atom. The van der Waals surface area contributed by atoms with Crippen LogP contribution in [0.25, 0.3) is 10.9 Å². The highest BCUT2D eigenvalue weighted by Gasteiger charge is 2.08. The van der Waals surface area contributed by atoms with Crippen molar-refractivity contribution in [1.82, 2.24) is 15.6 Å². The number of nitrogens with zero attached hydrogens (tertiary/aromatic N) is 1. The summed E-state index contributed by atoms with van der Waals surface area (Å²) < 4.78 is 0. The molecule has 0 saturated carbocycles. The number of hydrogen-bond acceptors (Lipinski definition) is 3. The monoisotopic (exact) mass is 243 g/mol. The number of aromatic nitrogens is 1. The molecule has 2 amide bonds. The van der Waals surface area contributed by atoms with Crippen LogP contribution in [0, 0.1) is 0 Å². The van der Waals surface area contributed by atoms with Crippen LogP contribution in [0.1, 0.15) is 10.5 Å². The van der Waals surface area contributed by atoms with Gasteiger partial charge in [0, 0.05) is 12.4 Å². The summed E-state index contributed by atoms with van der Waals surface area (Å²) >= 11 is 0. The third kappa shape index (κ3) is 2.63. The number of pyridine rings is 1. The topological polar surface area (TPSA) is 71.1 Å². The summed E-state index contributed by atoms with van der Waals surface area (Å²) in [5.74, 6) is -0.603. The van der Waals surface area contributed by atoms with Crippen LogP contribution in [0.15, 0.2) is 36.4 Å². The molecule has 92 valence electrons. The molecule has 0 atom stereocenters. The van der Waals surface area contributed by atoms with Crippen molar-refractivity contribution in [2.24, 2.45) is 0 Å². The van der Waals surface area contributed by atoms with E-state index in [1.807, 2.05) is 30.3 Å². The minimum absolute atomic E-state index is 0.0517. The highest BCUT2D eigenvalue weighted by atomic mass is 16.2. The maximum absolute atomic E-state index is 11.8. The maximum atomic E-state index is 11.8. The quantitative estimate of drug-likeness (QED) is 0.834. The number of fused-ring (bicyclic) bond motifs is 1. The Morgan fingerprint density at radius 2 is 1.94 bits per heavy atom. The van der Waals surface area contributed by atoms with E-state index < -0.39 is 0 Å². The van der Waals surface area contributed by atoms with Crippen molar-refractivity contribution < 1.29 is 9.59 Å². The van der Waals surface area contributed by atoms with E-state index in [1.165, 1.54) is 7.05 Å². The number of rotatable bonds is 3. The van der Waals surface area contributed by atoms with Crippen molar-refractivity contribution in [3.8, 4) is 0 Å². The van der Waals surface area contributed by atoms with Gasteiger partial charge < -0.3 is 10.6 Å². The predicted octanol–water partition coefficient (Wildman–Crippen LogP) is 0.711. The zero-order chi connectivity index (χ0) is 13.0. The van der Waals surface area contributed by atoms with Crippen molar-refractivity contribution in [1.29, 1.82) is 0 Å². The van der Waals surface area contributed by atoms with Crippen molar-refractivity contribution in [3.05, 3.63) is 42.1 Å². The van der Waals surface area contributed by atoms with E-state index in [2.05, 4.69) is 15.6 Å². The molecule has 1 heterocycles. The molecule has 1 aromatic carbocycles. The van der Waals surface area contributed by atoms with Gasteiger partial charge in [-0.3, -0.25) is 9.59 Å². The van der Waals surface area contributed by atoms with Gasteiger partial charge in [0.2, 0.25) is 5.91 Å². The highest BCUT2D eigenvalue weighted by molar-refractivity contribution is 5.96. The van der Waals surface area contributed by atoms with Crippen LogP contribution in [0.4, 0.5) is 0 Å². The molecular formula is C13H13N3O2. The summed E-state index contributed by atoms with van der Waals surface area (Å²) in [6, 6.07) is 11.0. The first-order valence-corrected chi connectivity index (χ1v) is 5.55. The molecule has 0 fully saturated rings. The first-order chi connectivity index (χ1) is 8.70. The fraction of sp³-hybridized carbons (Fsp3) is 0.154. The Labute approximate surface area is 104 Å². The molecule has 0 radical (unpaired) electrons. The maximum Gasteiger partial charge on any atom is 0.270 e. The normalized spacial score (nSPS) is 10.1. The highest BCUT2D eigenvalue weighted by Crippen LogP contribution is 2.11. The van der Waals surface area contributed by atoms with Crippen molar-refractivity contribution in [2.75, 3.05) is 13.6 Å². The van der Waals surface area contributed by atoms with Crippen LogP contribution < -0.4 is 10.6 Å². The Bertz CT molecular complexity index is 596. The lowest BCUT2D eigenvalue weighted by Gasteiger charge is -2.04. The molecule has 2 aromatic rings. The number of hydrogen-bond donors (Lipinski definition) is 2. The van der Waals surface area contributed by atoms with Gasteiger partial charge in [-0.25, -0.2) is 4.98 Å². The van der Waals surface area contributed by atoms with Crippen molar-refractivity contribution in [2.45, 2.75) is 0 Å². The number of likely N-dealkylation sites (N-methyl/N-ethyl adjacent to an activating group) is 1. The van der Waals surface area contributed by atoms with Gasteiger partial charge in [0.25, 0.3) is 5.91 Å². The van der Waals surface area contributed by atoms with E-state index in [4.69, 9.17) is 0 Å². The van der Waals surface area contributed by atoms with E-state index in [-0.39, 0.29) is 18.4 Å². The second-order valence-corrected chi connectivity index (χ2v) is 3.75. The predicted molar refractivity (Wildman–Crippen MR) is 68.1 cm³/mol. The average Bonchev–Trinajstić information content (AvgIpc) is 2.43. The molecule has 0 aliphatic carbocycles. The molecule has 0 saturated heterocycles. The van der Waals surface area contributed by atoms with Crippen molar-refractivity contribution >= 4 is 22.7 Å². The molecule has 18 heavy (non-hydrogen) atoms. The van der Waals surface area contributed by atoms with Crippen LogP contribution in [0.5, 0.6) is 0 Å². The molecular weight excluding hydrogens is 230 g/mol. The van der Waals surface area contributed by atoms with E-state index in [1.54, 1.807) is 6.07 Å². The van der Waals surface area contributed by atoms with Gasteiger partial charge in [0.15, 0.2) is 0 Å². The zero-order valence-corrected chi connectivity index (χ0v) is 9.93. The van der Waals surface area contributed by atoms with E-state index >= 15 is 0 Å². The minimum atomic E-state index is -0.357. The number of carbonyl (C=O) groups excluding carboxylic acids is 2. The fourth-order valence-corrected chi connectivity index (χ4v) is 1.53. The van der Waals surface area contributed by atoms with Gasteiger partial charge in [0.1, 0.15) is 5.69 Å². The first-order valence-electron chi connectivity index (χ1n) is 5.55. The van der Waals surface area contributed by atoms with E-state index in [0.29, 0.717) is 5.69 Å². The molecule has 5 heteroatoms. The molecule has 0 aliphatic rings. The summed E-state index contributed by atoms with van der Waals surface area (Å²) in [7, 11) is 1.52. The third-order valence-corrected chi connectivity index (χ3v) is 2.52. The third-order valence-electron chi connectivity index (χ3n) is 2.52. The zero-order valence-electron chi connectivity index (χ0n) is 9.93. The van der Waals surface area contributed by atoms with E-state index in [0.717, 1.165) is 10.9 Å². The molecule has 0 unspecified atom stereocenters. The summed E-state index contributed by atoms with van der Waals surface area (Å²) in [6.07, 6.45) is 0. The van der Waals surface area contributed by atoms with Gasteiger partial charge >= 0.3 is 0 Å². The Hall–Kier alpha value is -2.43. The Kier molecular flexibility index (Phi) is 3.52. The number of benzene rings is 1. The smallest absolute Gasteiger partial charge is 0.270 e. The molecule has 0 spiro atoms. The van der Waals surface area contributed by atoms with Gasteiger partial charge in [-0.2, -0.15) is 0 Å².